The summed E-state index contributed by atoms with van der Waals surface area (Å²) in [5, 5.41) is 1.81. The molecule has 6 nitrogen and oxygen atoms in total. The quantitative estimate of drug-likeness (QED) is 0.566. The highest BCUT2D eigenvalue weighted by Crippen LogP contribution is 2.33. The predicted octanol–water partition coefficient (Wildman–Crippen LogP) is 4.07. The Kier molecular flexibility index (Phi) is 5.73. The van der Waals surface area contributed by atoms with Crippen LogP contribution in [0.4, 0.5) is 13.2 Å². The minimum absolute atomic E-state index is 0.0368. The van der Waals surface area contributed by atoms with Gasteiger partial charge in [-0.05, 0) is 30.3 Å². The zero-order valence-corrected chi connectivity index (χ0v) is 16.1. The van der Waals surface area contributed by atoms with E-state index >= 15 is 0 Å². The van der Waals surface area contributed by atoms with E-state index in [1.807, 2.05) is 0 Å². The number of rotatable bonds is 6. The van der Waals surface area contributed by atoms with Gasteiger partial charge in [-0.25, -0.2) is 4.98 Å². The fourth-order valence-corrected chi connectivity index (χ4v) is 2.87. The minimum Gasteiger partial charge on any atom is -0.329 e. The molecule has 1 heterocycles. The molecule has 3 aromatic rings. The van der Waals surface area contributed by atoms with Crippen LogP contribution in [0.1, 0.15) is 10.4 Å². The van der Waals surface area contributed by atoms with Crippen molar-refractivity contribution in [3.05, 3.63) is 64.9 Å². The first-order valence-corrected chi connectivity index (χ1v) is 8.79. The third-order valence-corrected chi connectivity index (χ3v) is 4.46. The summed E-state index contributed by atoms with van der Waals surface area (Å²) in [4.78, 5) is 16.4. The molecule has 0 bridgehead atoms. The average Bonchev–Trinajstić information content (AvgIpc) is 3.06. The Bertz CT molecular complexity index is 978. The summed E-state index contributed by atoms with van der Waals surface area (Å²) in [6, 6.07) is 12.6. The SMILES string of the molecule is COC(NC(=O)c1ccccc1)(OCn1cnc2cc(Br)ccc21)C(F)(F)F. The molecule has 0 aliphatic rings. The number of amides is 1. The minimum atomic E-state index is -5.04. The van der Waals surface area contributed by atoms with Gasteiger partial charge in [-0.2, -0.15) is 13.2 Å². The smallest absolute Gasteiger partial charge is 0.329 e. The number of aromatic nitrogens is 2. The van der Waals surface area contributed by atoms with Crippen molar-refractivity contribution in [2.24, 2.45) is 0 Å². The molecule has 10 heteroatoms. The Morgan fingerprint density at radius 1 is 1.21 bits per heavy atom. The molecule has 0 aliphatic carbocycles. The topological polar surface area (TPSA) is 65.4 Å². The highest BCUT2D eigenvalue weighted by molar-refractivity contribution is 9.10. The van der Waals surface area contributed by atoms with Gasteiger partial charge in [0.25, 0.3) is 5.91 Å². The molecule has 0 saturated heterocycles. The van der Waals surface area contributed by atoms with Gasteiger partial charge in [0.1, 0.15) is 6.73 Å². The van der Waals surface area contributed by atoms with Crippen LogP contribution in [0.2, 0.25) is 0 Å². The number of nitrogens with one attached hydrogen (secondary N) is 1. The highest BCUT2D eigenvalue weighted by atomic mass is 79.9. The van der Waals surface area contributed by atoms with Crippen molar-refractivity contribution >= 4 is 32.9 Å². The largest absolute Gasteiger partial charge is 0.465 e. The first kappa shape index (κ1) is 20.3. The number of benzene rings is 2. The summed E-state index contributed by atoms with van der Waals surface area (Å²) < 4.78 is 53.1. The summed E-state index contributed by atoms with van der Waals surface area (Å²) >= 11 is 3.30. The van der Waals surface area contributed by atoms with Gasteiger partial charge in [0.15, 0.2) is 0 Å². The maximum absolute atomic E-state index is 13.8. The Hall–Kier alpha value is -2.43. The number of carbonyl (C=O) groups excluding carboxylic acids is 1. The number of imidazole rings is 1. The Morgan fingerprint density at radius 2 is 1.93 bits per heavy atom. The Labute approximate surface area is 166 Å². The van der Waals surface area contributed by atoms with Gasteiger partial charge >= 0.3 is 12.1 Å². The van der Waals surface area contributed by atoms with Crippen LogP contribution >= 0.6 is 15.9 Å². The fraction of sp³-hybridized carbons (Fsp3) is 0.222. The average molecular weight is 458 g/mol. The van der Waals surface area contributed by atoms with Crippen LogP contribution < -0.4 is 5.32 Å². The van der Waals surface area contributed by atoms with Gasteiger partial charge in [-0.15, -0.1) is 0 Å². The van der Waals surface area contributed by atoms with Crippen LogP contribution in [0.25, 0.3) is 11.0 Å². The molecule has 2 aromatic carbocycles. The van der Waals surface area contributed by atoms with E-state index in [9.17, 15) is 18.0 Å². The number of halogens is 4. The molecule has 1 aromatic heterocycles. The highest BCUT2D eigenvalue weighted by Gasteiger charge is 2.59. The second-order valence-corrected chi connectivity index (χ2v) is 6.68. The number of ether oxygens (including phenoxy) is 2. The maximum atomic E-state index is 13.8. The zero-order valence-electron chi connectivity index (χ0n) is 14.5. The maximum Gasteiger partial charge on any atom is 0.465 e. The summed E-state index contributed by atoms with van der Waals surface area (Å²) in [6.45, 7) is -0.555. The van der Waals surface area contributed by atoms with Gasteiger partial charge in [0, 0.05) is 17.1 Å². The zero-order chi connectivity index (χ0) is 20.4. The number of fused-ring (bicyclic) bond motifs is 1. The van der Waals surface area contributed by atoms with Crippen molar-refractivity contribution in [2.45, 2.75) is 18.8 Å². The lowest BCUT2D eigenvalue weighted by Crippen LogP contribution is -2.62. The second-order valence-electron chi connectivity index (χ2n) is 5.76. The van der Waals surface area contributed by atoms with Crippen LogP contribution in [0.15, 0.2) is 59.3 Å². The summed E-state index contributed by atoms with van der Waals surface area (Å²) in [5.74, 6) is -4.31. The Morgan fingerprint density at radius 3 is 2.57 bits per heavy atom. The van der Waals surface area contributed by atoms with Crippen LogP contribution in [0.3, 0.4) is 0 Å². The van der Waals surface area contributed by atoms with Gasteiger partial charge in [0.2, 0.25) is 0 Å². The molecule has 0 fully saturated rings. The summed E-state index contributed by atoms with van der Waals surface area (Å²) in [5.41, 5.74) is 1.17. The van der Waals surface area contributed by atoms with Crippen molar-refractivity contribution in [1.29, 1.82) is 0 Å². The van der Waals surface area contributed by atoms with E-state index in [1.54, 1.807) is 29.6 Å². The third-order valence-electron chi connectivity index (χ3n) is 3.96. The van der Waals surface area contributed by atoms with E-state index in [4.69, 9.17) is 4.74 Å². The van der Waals surface area contributed by atoms with E-state index in [0.29, 0.717) is 11.0 Å². The van der Waals surface area contributed by atoms with Crippen LogP contribution in [-0.4, -0.2) is 34.7 Å². The standard InChI is InChI=1S/C18H15BrF3N3O3/c1-27-18(17(20,21)22,24-16(26)12-5-3-2-4-6-12)28-11-25-10-23-14-9-13(19)7-8-15(14)25/h2-10H,11H2,1H3,(H,24,26). The van der Waals surface area contributed by atoms with Crippen molar-refractivity contribution in [3.8, 4) is 0 Å². The molecule has 148 valence electrons. The predicted molar refractivity (Wildman–Crippen MR) is 98.2 cm³/mol. The summed E-state index contributed by atoms with van der Waals surface area (Å²) in [6.07, 6.45) is -3.70. The molecule has 1 atom stereocenters. The lowest BCUT2D eigenvalue weighted by atomic mass is 10.2. The van der Waals surface area contributed by atoms with Crippen LogP contribution in [0, 0.1) is 0 Å². The van der Waals surface area contributed by atoms with E-state index in [-0.39, 0.29) is 5.56 Å². The van der Waals surface area contributed by atoms with Crippen molar-refractivity contribution in [2.75, 3.05) is 7.11 Å². The Balaban J connectivity index is 1.86. The molecule has 1 unspecified atom stereocenters. The first-order valence-electron chi connectivity index (χ1n) is 7.99. The molecule has 0 aliphatic heterocycles. The van der Waals surface area contributed by atoms with Crippen LogP contribution in [-0.2, 0) is 16.2 Å². The molecule has 0 spiro atoms. The summed E-state index contributed by atoms with van der Waals surface area (Å²) in [7, 11) is 0.807. The molecular weight excluding hydrogens is 443 g/mol. The molecule has 1 amide bonds. The third kappa shape index (κ3) is 4.03. The number of nitrogens with zero attached hydrogens (tertiary/aromatic N) is 2. The normalized spacial score (nSPS) is 14.0. The van der Waals surface area contributed by atoms with Gasteiger partial charge in [0.05, 0.1) is 17.4 Å². The van der Waals surface area contributed by atoms with Gasteiger partial charge < -0.3 is 14.0 Å². The molecular formula is C18H15BrF3N3O3. The molecule has 1 N–H and O–H groups in total. The molecule has 0 saturated carbocycles. The van der Waals surface area contributed by atoms with Crippen molar-refractivity contribution < 1.29 is 27.4 Å². The number of hydrogen-bond acceptors (Lipinski definition) is 4. The molecule has 28 heavy (non-hydrogen) atoms. The number of hydrogen-bond donors (Lipinski definition) is 1. The molecule has 3 rings (SSSR count). The van der Waals surface area contributed by atoms with E-state index in [2.05, 4.69) is 25.7 Å². The first-order chi connectivity index (χ1) is 13.3. The fourth-order valence-electron chi connectivity index (χ4n) is 2.53. The monoisotopic (exact) mass is 457 g/mol. The van der Waals surface area contributed by atoms with E-state index < -0.39 is 24.7 Å². The van der Waals surface area contributed by atoms with Gasteiger partial charge in [-0.1, -0.05) is 34.1 Å². The molecule has 0 radical (unpaired) electrons. The lowest BCUT2D eigenvalue weighted by Gasteiger charge is -2.34. The van der Waals surface area contributed by atoms with Crippen molar-refractivity contribution in [1.82, 2.24) is 14.9 Å². The van der Waals surface area contributed by atoms with Crippen LogP contribution in [0.5, 0.6) is 0 Å². The number of carbonyl (C=O) groups is 1. The lowest BCUT2D eigenvalue weighted by molar-refractivity contribution is -0.390. The number of alkyl halides is 3. The second kappa shape index (κ2) is 7.90. The van der Waals surface area contributed by atoms with Gasteiger partial charge in [-0.3, -0.25) is 10.1 Å². The van der Waals surface area contributed by atoms with E-state index in [1.165, 1.54) is 35.2 Å². The van der Waals surface area contributed by atoms with E-state index in [0.717, 1.165) is 11.6 Å². The van der Waals surface area contributed by atoms with Crippen molar-refractivity contribution in [3.63, 3.8) is 0 Å². The number of methoxy groups -OCH3 is 1.